The Balaban J connectivity index is 1.37. The molecule has 27 heavy (non-hydrogen) atoms. The van der Waals surface area contributed by atoms with Crippen LogP contribution in [0.4, 0.5) is 5.95 Å². The summed E-state index contributed by atoms with van der Waals surface area (Å²) in [5.41, 5.74) is 0.511. The zero-order chi connectivity index (χ0) is 18.9. The Labute approximate surface area is 159 Å². The number of aromatic nitrogens is 2. The highest BCUT2D eigenvalue weighted by Crippen LogP contribution is 2.36. The number of hydrogen-bond acceptors (Lipinski definition) is 6. The summed E-state index contributed by atoms with van der Waals surface area (Å²) in [6.45, 7) is 5.85. The van der Waals surface area contributed by atoms with Gasteiger partial charge >= 0.3 is 0 Å². The van der Waals surface area contributed by atoms with Crippen molar-refractivity contribution >= 4 is 11.9 Å². The van der Waals surface area contributed by atoms with Gasteiger partial charge in [0.05, 0.1) is 11.2 Å². The second-order valence-corrected chi connectivity index (χ2v) is 7.56. The minimum atomic E-state index is -0.164. The molecule has 2 aliphatic heterocycles. The summed E-state index contributed by atoms with van der Waals surface area (Å²) < 4.78 is 11.7. The first-order valence-electron chi connectivity index (χ1n) is 9.58. The van der Waals surface area contributed by atoms with Crippen LogP contribution < -0.4 is 5.32 Å². The summed E-state index contributed by atoms with van der Waals surface area (Å²) in [6.07, 6.45) is 7.04. The molecule has 1 unspecified atom stereocenters. The van der Waals surface area contributed by atoms with Crippen molar-refractivity contribution in [2.75, 3.05) is 25.0 Å². The van der Waals surface area contributed by atoms with Crippen LogP contribution in [0.1, 0.15) is 47.6 Å². The minimum Gasteiger partial charge on any atom is -0.466 e. The molecule has 2 saturated heterocycles. The molecule has 7 nitrogen and oxygen atoms in total. The third kappa shape index (κ3) is 3.83. The molecule has 2 aromatic heterocycles. The number of nitrogens with zero attached hydrogens (tertiary/aromatic N) is 3. The van der Waals surface area contributed by atoms with Crippen molar-refractivity contribution in [3.8, 4) is 0 Å². The van der Waals surface area contributed by atoms with Crippen molar-refractivity contribution in [3.63, 3.8) is 0 Å². The zero-order valence-electron chi connectivity index (χ0n) is 15.9. The molecule has 1 spiro atoms. The SMILES string of the molecule is Cc1cc(C(=O)N2CCC3(CC2)CC(Nc2ncccn2)CCO3)c(C)o1. The monoisotopic (exact) mass is 370 g/mol. The van der Waals surface area contributed by atoms with E-state index in [1.165, 1.54) is 0 Å². The maximum absolute atomic E-state index is 12.8. The Bertz CT molecular complexity index is 797. The quantitative estimate of drug-likeness (QED) is 0.895. The summed E-state index contributed by atoms with van der Waals surface area (Å²) >= 11 is 0. The van der Waals surface area contributed by atoms with Crippen LogP contribution in [0.25, 0.3) is 0 Å². The van der Waals surface area contributed by atoms with Crippen LogP contribution in [-0.4, -0.2) is 52.1 Å². The molecule has 1 atom stereocenters. The van der Waals surface area contributed by atoms with E-state index in [1.807, 2.05) is 30.9 Å². The molecule has 4 rings (SSSR count). The highest BCUT2D eigenvalue weighted by Gasteiger charge is 2.41. The summed E-state index contributed by atoms with van der Waals surface area (Å²) in [4.78, 5) is 23.2. The van der Waals surface area contributed by atoms with Crippen LogP contribution in [0.15, 0.2) is 28.9 Å². The molecule has 144 valence electrons. The molecule has 4 heterocycles. The number of rotatable bonds is 3. The number of aryl methyl sites for hydroxylation is 2. The highest BCUT2D eigenvalue weighted by atomic mass is 16.5. The van der Waals surface area contributed by atoms with Gasteiger partial charge in [0.1, 0.15) is 11.5 Å². The number of piperidine rings is 1. The van der Waals surface area contributed by atoms with Crippen LogP contribution in [-0.2, 0) is 4.74 Å². The summed E-state index contributed by atoms with van der Waals surface area (Å²) in [6, 6.07) is 3.94. The van der Waals surface area contributed by atoms with Crippen molar-refractivity contribution in [2.45, 2.75) is 51.2 Å². The first-order chi connectivity index (χ1) is 13.0. The normalized spacial score (nSPS) is 22.0. The molecule has 0 aliphatic carbocycles. The summed E-state index contributed by atoms with van der Waals surface area (Å²) in [7, 11) is 0. The molecule has 2 aliphatic rings. The first-order valence-corrected chi connectivity index (χ1v) is 9.58. The fourth-order valence-corrected chi connectivity index (χ4v) is 4.19. The smallest absolute Gasteiger partial charge is 0.257 e. The largest absolute Gasteiger partial charge is 0.466 e. The maximum atomic E-state index is 12.8. The highest BCUT2D eigenvalue weighted by molar-refractivity contribution is 5.95. The molecule has 0 aromatic carbocycles. The number of amides is 1. The van der Waals surface area contributed by atoms with Crippen LogP contribution in [0.3, 0.4) is 0 Å². The van der Waals surface area contributed by atoms with Crippen molar-refractivity contribution < 1.29 is 13.9 Å². The topological polar surface area (TPSA) is 80.5 Å². The number of ether oxygens (including phenoxy) is 1. The van der Waals surface area contributed by atoms with Gasteiger partial charge < -0.3 is 19.4 Å². The molecule has 2 aromatic rings. The fourth-order valence-electron chi connectivity index (χ4n) is 4.19. The second-order valence-electron chi connectivity index (χ2n) is 7.56. The zero-order valence-corrected chi connectivity index (χ0v) is 15.9. The molecule has 1 amide bonds. The van der Waals surface area contributed by atoms with E-state index in [-0.39, 0.29) is 11.5 Å². The number of carbonyl (C=O) groups is 1. The lowest BCUT2D eigenvalue weighted by atomic mass is 9.82. The molecule has 0 radical (unpaired) electrons. The number of likely N-dealkylation sites (tertiary alicyclic amines) is 1. The Morgan fingerprint density at radius 3 is 2.67 bits per heavy atom. The van der Waals surface area contributed by atoms with Crippen LogP contribution >= 0.6 is 0 Å². The van der Waals surface area contributed by atoms with Crippen LogP contribution in [0, 0.1) is 13.8 Å². The Kier molecular flexibility index (Phi) is 4.86. The van der Waals surface area contributed by atoms with E-state index in [1.54, 1.807) is 12.4 Å². The van der Waals surface area contributed by atoms with E-state index < -0.39 is 0 Å². The molecule has 0 saturated carbocycles. The Hall–Kier alpha value is -2.41. The lowest BCUT2D eigenvalue weighted by Crippen LogP contribution is -2.52. The van der Waals surface area contributed by atoms with Gasteiger partial charge in [-0.05, 0) is 51.7 Å². The number of carbonyl (C=O) groups excluding carboxylic acids is 1. The predicted molar refractivity (Wildman–Crippen MR) is 101 cm³/mol. The van der Waals surface area contributed by atoms with Crippen molar-refractivity contribution in [3.05, 3.63) is 41.6 Å². The fraction of sp³-hybridized carbons (Fsp3) is 0.550. The molecule has 2 fully saturated rings. The Morgan fingerprint density at radius 1 is 1.26 bits per heavy atom. The first kappa shape index (κ1) is 18.0. The molecule has 7 heteroatoms. The maximum Gasteiger partial charge on any atom is 0.257 e. The number of nitrogens with one attached hydrogen (secondary N) is 1. The predicted octanol–water partition coefficient (Wildman–Crippen LogP) is 2.95. The van der Waals surface area contributed by atoms with Gasteiger partial charge in [-0.15, -0.1) is 0 Å². The number of anilines is 1. The van der Waals surface area contributed by atoms with E-state index in [0.717, 1.165) is 38.1 Å². The van der Waals surface area contributed by atoms with Gasteiger partial charge in [0.25, 0.3) is 5.91 Å². The second kappa shape index (κ2) is 7.31. The molecular formula is C20H26N4O3. The average molecular weight is 370 g/mol. The number of hydrogen-bond donors (Lipinski definition) is 1. The van der Waals surface area contributed by atoms with E-state index in [9.17, 15) is 4.79 Å². The van der Waals surface area contributed by atoms with Crippen molar-refractivity contribution in [2.24, 2.45) is 0 Å². The van der Waals surface area contributed by atoms with Crippen LogP contribution in [0.2, 0.25) is 0 Å². The van der Waals surface area contributed by atoms with Gasteiger partial charge in [-0.25, -0.2) is 9.97 Å². The van der Waals surface area contributed by atoms with Gasteiger partial charge in [0.15, 0.2) is 0 Å². The number of furan rings is 1. The lowest BCUT2D eigenvalue weighted by molar-refractivity contribution is -0.110. The van der Waals surface area contributed by atoms with Gasteiger partial charge in [-0.3, -0.25) is 4.79 Å². The third-order valence-electron chi connectivity index (χ3n) is 5.63. The van der Waals surface area contributed by atoms with Gasteiger partial charge in [-0.2, -0.15) is 0 Å². The van der Waals surface area contributed by atoms with Crippen molar-refractivity contribution in [1.29, 1.82) is 0 Å². The van der Waals surface area contributed by atoms with E-state index >= 15 is 0 Å². The Morgan fingerprint density at radius 2 is 2.00 bits per heavy atom. The lowest BCUT2D eigenvalue weighted by Gasteiger charge is -2.46. The average Bonchev–Trinajstić information content (AvgIpc) is 3.01. The standard InChI is InChI=1S/C20H26N4O3/c1-14-12-17(15(2)27-14)18(25)24-9-5-20(6-10-24)13-16(4-11-26-20)23-19-21-7-3-8-22-19/h3,7-8,12,16H,4-6,9-11,13H2,1-2H3,(H,21,22,23). The third-order valence-corrected chi connectivity index (χ3v) is 5.63. The molecule has 1 N–H and O–H groups in total. The van der Waals surface area contributed by atoms with Gasteiger partial charge in [-0.1, -0.05) is 0 Å². The van der Waals surface area contributed by atoms with E-state index in [0.29, 0.717) is 36.4 Å². The molecular weight excluding hydrogens is 344 g/mol. The summed E-state index contributed by atoms with van der Waals surface area (Å²) in [5.74, 6) is 2.19. The minimum absolute atomic E-state index is 0.0577. The van der Waals surface area contributed by atoms with E-state index in [2.05, 4.69) is 15.3 Å². The van der Waals surface area contributed by atoms with Gasteiger partial charge in [0, 0.05) is 38.1 Å². The van der Waals surface area contributed by atoms with E-state index in [4.69, 9.17) is 9.15 Å². The molecule has 0 bridgehead atoms. The summed E-state index contributed by atoms with van der Waals surface area (Å²) in [5, 5.41) is 3.43. The van der Waals surface area contributed by atoms with Crippen LogP contribution in [0.5, 0.6) is 0 Å². The van der Waals surface area contributed by atoms with Gasteiger partial charge in [0.2, 0.25) is 5.95 Å². The van der Waals surface area contributed by atoms with Crippen molar-refractivity contribution in [1.82, 2.24) is 14.9 Å².